The summed E-state index contributed by atoms with van der Waals surface area (Å²) in [5, 5.41) is 6.00. The fourth-order valence-electron chi connectivity index (χ4n) is 3.67. The van der Waals surface area contributed by atoms with Gasteiger partial charge in [-0.15, -0.1) is 0 Å². The largest absolute Gasteiger partial charge is 0.324 e. The number of aryl methyl sites for hydroxylation is 2. The molecule has 0 amide bonds. The molecule has 1 fully saturated rings. The molecule has 2 aliphatic rings. The van der Waals surface area contributed by atoms with Crippen molar-refractivity contribution in [2.45, 2.75) is 38.9 Å². The zero-order chi connectivity index (χ0) is 17.6. The number of benzene rings is 1. The van der Waals surface area contributed by atoms with Gasteiger partial charge in [-0.05, 0) is 37.1 Å². The van der Waals surface area contributed by atoms with E-state index in [0.29, 0.717) is 25.6 Å². The van der Waals surface area contributed by atoms with E-state index in [0.717, 1.165) is 28.1 Å². The lowest BCUT2D eigenvalue weighted by atomic mass is 10.1. The molecule has 7 heteroatoms. The first-order chi connectivity index (χ1) is 11.9. The van der Waals surface area contributed by atoms with Crippen molar-refractivity contribution in [1.29, 1.82) is 0 Å². The Morgan fingerprint density at radius 2 is 1.96 bits per heavy atom. The molecule has 1 aromatic carbocycles. The highest BCUT2D eigenvalue weighted by Gasteiger charge is 2.48. The van der Waals surface area contributed by atoms with Crippen LogP contribution in [0.2, 0.25) is 0 Å². The molecule has 1 saturated heterocycles. The molecule has 2 aromatic rings. The summed E-state index contributed by atoms with van der Waals surface area (Å²) in [6.07, 6.45) is 1.74. The Kier molecular flexibility index (Phi) is 3.92. The molecule has 0 aliphatic carbocycles. The smallest absolute Gasteiger partial charge is 0.276 e. The van der Waals surface area contributed by atoms with Crippen molar-refractivity contribution in [3.63, 3.8) is 0 Å². The second-order valence-electron chi connectivity index (χ2n) is 6.98. The van der Waals surface area contributed by atoms with Gasteiger partial charge in [-0.3, -0.25) is 4.90 Å². The van der Waals surface area contributed by atoms with Gasteiger partial charge in [-0.1, -0.05) is 6.07 Å². The first-order valence-electron chi connectivity index (χ1n) is 8.43. The average Bonchev–Trinajstić information content (AvgIpc) is 3.07. The molecule has 1 unspecified atom stereocenters. The second-order valence-corrected chi connectivity index (χ2v) is 6.98. The highest BCUT2D eigenvalue weighted by molar-refractivity contribution is 5.56. The summed E-state index contributed by atoms with van der Waals surface area (Å²) in [5.74, 6) is -2.20. The van der Waals surface area contributed by atoms with Crippen molar-refractivity contribution >= 4 is 11.6 Å². The number of rotatable bonds is 3. The van der Waals surface area contributed by atoms with E-state index < -0.39 is 12.0 Å². The van der Waals surface area contributed by atoms with E-state index in [-0.39, 0.29) is 6.54 Å². The molecule has 0 bridgehead atoms. The Labute approximate surface area is 145 Å². The van der Waals surface area contributed by atoms with Gasteiger partial charge in [0.25, 0.3) is 5.92 Å². The normalized spacial score (nSPS) is 22.2. The first kappa shape index (κ1) is 16.4. The zero-order valence-electron chi connectivity index (χ0n) is 14.3. The van der Waals surface area contributed by atoms with Crippen LogP contribution >= 0.6 is 0 Å². The molecule has 1 atom stereocenters. The van der Waals surface area contributed by atoms with E-state index in [1.54, 1.807) is 11.1 Å². The number of nitrogens with one attached hydrogen (secondary N) is 2. The number of anilines is 2. The van der Waals surface area contributed by atoms with Crippen molar-refractivity contribution in [1.82, 2.24) is 20.2 Å². The third-order valence-corrected chi connectivity index (χ3v) is 4.78. The molecule has 2 aliphatic heterocycles. The molecule has 25 heavy (non-hydrogen) atoms. The number of halogens is 2. The predicted octanol–water partition coefficient (Wildman–Crippen LogP) is 2.76. The third-order valence-electron chi connectivity index (χ3n) is 4.78. The topological polar surface area (TPSA) is 53.1 Å². The highest BCUT2D eigenvalue weighted by atomic mass is 19.3. The predicted molar refractivity (Wildman–Crippen MR) is 92.1 cm³/mol. The summed E-state index contributed by atoms with van der Waals surface area (Å²) in [6, 6.07) is 5.38. The SMILES string of the molecule is Cc1cc(C)cc(Nc2ncc3c(n2)CN(C2CNCC2(F)F)C3)c1. The van der Waals surface area contributed by atoms with Crippen LogP contribution in [0.1, 0.15) is 22.4 Å². The number of nitrogens with zero attached hydrogens (tertiary/aromatic N) is 3. The Bertz CT molecular complexity index is 788. The Hall–Kier alpha value is -2.12. The second kappa shape index (κ2) is 6.00. The lowest BCUT2D eigenvalue weighted by Gasteiger charge is -2.27. The Morgan fingerprint density at radius 1 is 1.20 bits per heavy atom. The molecular weight excluding hydrogens is 324 g/mol. The Morgan fingerprint density at radius 3 is 2.64 bits per heavy atom. The van der Waals surface area contributed by atoms with Gasteiger partial charge in [0.1, 0.15) is 0 Å². The van der Waals surface area contributed by atoms with Gasteiger partial charge in [0.2, 0.25) is 5.95 Å². The highest BCUT2D eigenvalue weighted by Crippen LogP contribution is 2.32. The van der Waals surface area contributed by atoms with Crippen LogP contribution in [0.15, 0.2) is 24.4 Å². The minimum Gasteiger partial charge on any atom is -0.324 e. The number of hydrogen-bond donors (Lipinski definition) is 2. The molecule has 0 radical (unpaired) electrons. The van der Waals surface area contributed by atoms with E-state index in [4.69, 9.17) is 0 Å². The number of aromatic nitrogens is 2. The molecule has 3 heterocycles. The summed E-state index contributed by atoms with van der Waals surface area (Å²) in [6.45, 7) is 5.03. The van der Waals surface area contributed by atoms with Gasteiger partial charge in [0.15, 0.2) is 0 Å². The summed E-state index contributed by atoms with van der Waals surface area (Å²) in [4.78, 5) is 10.7. The fraction of sp³-hybridized carbons (Fsp3) is 0.444. The zero-order valence-corrected chi connectivity index (χ0v) is 14.3. The minimum atomic E-state index is -2.70. The van der Waals surface area contributed by atoms with Crippen molar-refractivity contribution in [3.8, 4) is 0 Å². The van der Waals surface area contributed by atoms with Gasteiger partial charge in [-0.25, -0.2) is 18.7 Å². The van der Waals surface area contributed by atoms with Crippen LogP contribution in [0.4, 0.5) is 20.4 Å². The van der Waals surface area contributed by atoms with Crippen LogP contribution < -0.4 is 10.6 Å². The maximum absolute atomic E-state index is 14.0. The molecule has 2 N–H and O–H groups in total. The number of alkyl halides is 2. The van der Waals surface area contributed by atoms with E-state index in [1.807, 2.05) is 26.0 Å². The maximum Gasteiger partial charge on any atom is 0.276 e. The van der Waals surface area contributed by atoms with Crippen LogP contribution in [-0.2, 0) is 13.1 Å². The van der Waals surface area contributed by atoms with E-state index in [9.17, 15) is 8.78 Å². The van der Waals surface area contributed by atoms with E-state index >= 15 is 0 Å². The van der Waals surface area contributed by atoms with Crippen LogP contribution in [0.5, 0.6) is 0 Å². The van der Waals surface area contributed by atoms with Gasteiger partial charge in [-0.2, -0.15) is 0 Å². The maximum atomic E-state index is 14.0. The van der Waals surface area contributed by atoms with Crippen molar-refractivity contribution in [2.75, 3.05) is 18.4 Å². The average molecular weight is 345 g/mol. The van der Waals surface area contributed by atoms with Crippen molar-refractivity contribution in [3.05, 3.63) is 46.8 Å². The Balaban J connectivity index is 1.52. The van der Waals surface area contributed by atoms with Gasteiger partial charge < -0.3 is 10.6 Å². The summed E-state index contributed by atoms with van der Waals surface area (Å²) in [7, 11) is 0. The number of fused-ring (bicyclic) bond motifs is 1. The minimum absolute atomic E-state index is 0.254. The van der Waals surface area contributed by atoms with Crippen molar-refractivity contribution < 1.29 is 8.78 Å². The molecule has 4 rings (SSSR count). The summed E-state index contributed by atoms with van der Waals surface area (Å²) < 4.78 is 27.9. The van der Waals surface area contributed by atoms with Gasteiger partial charge >= 0.3 is 0 Å². The quantitative estimate of drug-likeness (QED) is 0.896. The summed E-state index contributed by atoms with van der Waals surface area (Å²) >= 11 is 0. The van der Waals surface area contributed by atoms with E-state index in [2.05, 4.69) is 26.7 Å². The van der Waals surface area contributed by atoms with Crippen molar-refractivity contribution in [2.24, 2.45) is 0 Å². The standard InChI is InChI=1S/C18H21F2N5/c1-11-3-12(2)5-14(4-11)23-17-22-6-13-8-25(9-15(13)24-17)16-7-21-10-18(16,19)20/h3-6,16,21H,7-10H2,1-2H3,(H,22,23,24). The van der Waals surface area contributed by atoms with Crippen LogP contribution in [-0.4, -0.2) is 39.9 Å². The molecule has 0 saturated carbocycles. The van der Waals surface area contributed by atoms with Crippen LogP contribution in [0.3, 0.4) is 0 Å². The number of hydrogen-bond acceptors (Lipinski definition) is 5. The third kappa shape index (κ3) is 3.21. The van der Waals surface area contributed by atoms with Crippen LogP contribution in [0.25, 0.3) is 0 Å². The molecule has 0 spiro atoms. The molecular formula is C18H21F2N5. The summed E-state index contributed by atoms with van der Waals surface area (Å²) in [5.41, 5.74) is 4.99. The lowest BCUT2D eigenvalue weighted by Crippen LogP contribution is -2.44. The van der Waals surface area contributed by atoms with E-state index in [1.165, 1.54) is 0 Å². The van der Waals surface area contributed by atoms with Crippen LogP contribution in [0, 0.1) is 13.8 Å². The van der Waals surface area contributed by atoms with Gasteiger partial charge in [0.05, 0.1) is 18.3 Å². The fourth-order valence-corrected chi connectivity index (χ4v) is 3.67. The molecule has 5 nitrogen and oxygen atoms in total. The monoisotopic (exact) mass is 345 g/mol. The molecule has 132 valence electrons. The lowest BCUT2D eigenvalue weighted by molar-refractivity contribution is -0.0499. The first-order valence-corrected chi connectivity index (χ1v) is 8.43. The van der Waals surface area contributed by atoms with Gasteiger partial charge in [0, 0.05) is 37.1 Å². The molecule has 1 aromatic heterocycles.